The Balaban J connectivity index is 1.82. The van der Waals surface area contributed by atoms with Gasteiger partial charge in [0.2, 0.25) is 0 Å². The Kier molecular flexibility index (Phi) is 2.30. The van der Waals surface area contributed by atoms with Crippen LogP contribution in [0.3, 0.4) is 0 Å². The average Bonchev–Trinajstić information content (AvgIpc) is 2.78. The summed E-state index contributed by atoms with van der Waals surface area (Å²) in [6.07, 6.45) is 7.61. The highest BCUT2D eigenvalue weighted by molar-refractivity contribution is 6.38. The SMILES string of the molecule is C=CC[B][C@@H]1C[C@H]2C[C@H]2C[C@H]1C. The summed E-state index contributed by atoms with van der Waals surface area (Å²) in [5.41, 5.74) is 0. The lowest BCUT2D eigenvalue weighted by Crippen LogP contribution is -2.18. The maximum atomic E-state index is 3.77. The summed E-state index contributed by atoms with van der Waals surface area (Å²) in [7, 11) is 2.48. The van der Waals surface area contributed by atoms with Crippen LogP contribution in [-0.4, -0.2) is 7.28 Å². The average molecular weight is 161 g/mol. The van der Waals surface area contributed by atoms with E-state index in [1.807, 2.05) is 6.08 Å². The molecule has 2 rings (SSSR count). The second kappa shape index (κ2) is 3.28. The van der Waals surface area contributed by atoms with E-state index in [0.717, 1.165) is 29.9 Å². The molecule has 0 N–H and O–H groups in total. The lowest BCUT2D eigenvalue weighted by Gasteiger charge is -2.27. The van der Waals surface area contributed by atoms with Crippen molar-refractivity contribution in [2.24, 2.45) is 17.8 Å². The van der Waals surface area contributed by atoms with Crippen molar-refractivity contribution in [2.45, 2.75) is 38.3 Å². The van der Waals surface area contributed by atoms with Crippen LogP contribution in [-0.2, 0) is 0 Å². The molecule has 0 amide bonds. The van der Waals surface area contributed by atoms with E-state index in [2.05, 4.69) is 20.8 Å². The van der Waals surface area contributed by atoms with Crippen LogP contribution in [0.1, 0.15) is 26.2 Å². The molecule has 4 atom stereocenters. The van der Waals surface area contributed by atoms with Crippen molar-refractivity contribution in [2.75, 3.05) is 0 Å². The van der Waals surface area contributed by atoms with Crippen LogP contribution in [0.25, 0.3) is 0 Å². The zero-order valence-corrected chi connectivity index (χ0v) is 8.00. The van der Waals surface area contributed by atoms with Gasteiger partial charge in [-0.1, -0.05) is 31.6 Å². The monoisotopic (exact) mass is 161 g/mol. The molecule has 12 heavy (non-hydrogen) atoms. The third-order valence-corrected chi connectivity index (χ3v) is 3.65. The summed E-state index contributed by atoms with van der Waals surface area (Å²) in [6.45, 7) is 6.18. The lowest BCUT2D eigenvalue weighted by molar-refractivity contribution is 0.366. The predicted molar refractivity (Wildman–Crippen MR) is 54.5 cm³/mol. The molecule has 2 saturated carbocycles. The topological polar surface area (TPSA) is 0 Å². The van der Waals surface area contributed by atoms with Crippen LogP contribution in [0.4, 0.5) is 0 Å². The number of hydrogen-bond donors (Lipinski definition) is 0. The van der Waals surface area contributed by atoms with E-state index in [-0.39, 0.29) is 0 Å². The van der Waals surface area contributed by atoms with E-state index >= 15 is 0 Å². The fourth-order valence-corrected chi connectivity index (χ4v) is 2.72. The van der Waals surface area contributed by atoms with Gasteiger partial charge in [0.25, 0.3) is 0 Å². The molecule has 1 radical (unpaired) electrons. The van der Waals surface area contributed by atoms with Crippen molar-refractivity contribution >= 4 is 7.28 Å². The van der Waals surface area contributed by atoms with Crippen LogP contribution in [0, 0.1) is 17.8 Å². The summed E-state index contributed by atoms with van der Waals surface area (Å²) in [5.74, 6) is 4.06. The van der Waals surface area contributed by atoms with Gasteiger partial charge in [-0.3, -0.25) is 0 Å². The third kappa shape index (κ3) is 1.60. The maximum Gasteiger partial charge on any atom is 0.118 e. The van der Waals surface area contributed by atoms with Gasteiger partial charge in [0, 0.05) is 0 Å². The molecular weight excluding hydrogens is 143 g/mol. The highest BCUT2D eigenvalue weighted by Gasteiger charge is 2.44. The van der Waals surface area contributed by atoms with E-state index in [1.54, 1.807) is 0 Å². The predicted octanol–water partition coefficient (Wildman–Crippen LogP) is 3.15. The largest absolute Gasteiger partial charge is 0.118 e. The van der Waals surface area contributed by atoms with Gasteiger partial charge in [0.1, 0.15) is 7.28 Å². The van der Waals surface area contributed by atoms with Crippen LogP contribution >= 0.6 is 0 Å². The van der Waals surface area contributed by atoms with Gasteiger partial charge >= 0.3 is 0 Å². The van der Waals surface area contributed by atoms with Gasteiger partial charge in [-0.25, -0.2) is 0 Å². The second-order valence-corrected chi connectivity index (χ2v) is 4.63. The minimum atomic E-state index is 0.895. The molecule has 0 spiro atoms. The lowest BCUT2D eigenvalue weighted by atomic mass is 9.53. The van der Waals surface area contributed by atoms with Gasteiger partial charge in [0.15, 0.2) is 0 Å². The minimum Gasteiger partial charge on any atom is -0.104 e. The first-order valence-corrected chi connectivity index (χ1v) is 5.25. The number of hydrogen-bond acceptors (Lipinski definition) is 0. The quantitative estimate of drug-likeness (QED) is 0.440. The molecule has 0 aliphatic heterocycles. The fourth-order valence-electron chi connectivity index (χ4n) is 2.72. The first-order valence-electron chi connectivity index (χ1n) is 5.25. The number of allylic oxidation sites excluding steroid dienone is 1. The number of fused-ring (bicyclic) bond motifs is 1. The van der Waals surface area contributed by atoms with Crippen molar-refractivity contribution in [3.05, 3.63) is 12.7 Å². The van der Waals surface area contributed by atoms with Crippen molar-refractivity contribution < 1.29 is 0 Å². The molecule has 0 nitrogen and oxygen atoms in total. The minimum absolute atomic E-state index is 0.895. The molecule has 0 aromatic carbocycles. The molecule has 2 aliphatic rings. The van der Waals surface area contributed by atoms with Crippen molar-refractivity contribution in [3.63, 3.8) is 0 Å². The van der Waals surface area contributed by atoms with E-state index in [4.69, 9.17) is 0 Å². The summed E-state index contributed by atoms with van der Waals surface area (Å²) in [6, 6.07) is 0. The third-order valence-electron chi connectivity index (χ3n) is 3.65. The Morgan fingerprint density at radius 2 is 2.08 bits per heavy atom. The van der Waals surface area contributed by atoms with E-state index in [1.165, 1.54) is 19.3 Å². The molecule has 1 heteroatoms. The van der Waals surface area contributed by atoms with E-state index < -0.39 is 0 Å². The van der Waals surface area contributed by atoms with Crippen molar-refractivity contribution in [3.8, 4) is 0 Å². The van der Waals surface area contributed by atoms with Crippen molar-refractivity contribution in [1.29, 1.82) is 0 Å². The van der Waals surface area contributed by atoms with Gasteiger partial charge in [0.05, 0.1) is 0 Å². The molecule has 0 aromatic heterocycles. The molecule has 65 valence electrons. The Hall–Kier alpha value is -0.195. The first kappa shape index (κ1) is 8.41. The van der Waals surface area contributed by atoms with Gasteiger partial charge in [-0.05, 0) is 30.6 Å². The van der Waals surface area contributed by atoms with E-state index in [9.17, 15) is 0 Å². The smallest absolute Gasteiger partial charge is 0.104 e. The van der Waals surface area contributed by atoms with Gasteiger partial charge < -0.3 is 0 Å². The van der Waals surface area contributed by atoms with Crippen LogP contribution in [0.15, 0.2) is 12.7 Å². The Bertz CT molecular complexity index is 176. The maximum absolute atomic E-state index is 3.77. The molecule has 0 bridgehead atoms. The van der Waals surface area contributed by atoms with Crippen LogP contribution in [0.2, 0.25) is 12.1 Å². The van der Waals surface area contributed by atoms with Crippen molar-refractivity contribution in [1.82, 2.24) is 0 Å². The van der Waals surface area contributed by atoms with E-state index in [0.29, 0.717) is 0 Å². The molecule has 2 fully saturated rings. The standard InChI is InChI=1S/C11H18B/c1-3-4-12-11-7-10-6-9(10)5-8(11)2/h3,8-11H,1,4-7H2,2H3/t8-,9-,10-,11-/m1/s1. The Labute approximate surface area is 76.7 Å². The molecule has 0 saturated heterocycles. The summed E-state index contributed by atoms with van der Waals surface area (Å²) in [4.78, 5) is 0. The molecule has 0 heterocycles. The zero-order valence-electron chi connectivity index (χ0n) is 8.00. The highest BCUT2D eigenvalue weighted by atomic mass is 14.5. The Morgan fingerprint density at radius 3 is 2.83 bits per heavy atom. The van der Waals surface area contributed by atoms with Gasteiger partial charge in [-0.2, -0.15) is 0 Å². The highest BCUT2D eigenvalue weighted by Crippen LogP contribution is 2.55. The van der Waals surface area contributed by atoms with Gasteiger partial charge in [-0.15, -0.1) is 6.58 Å². The molecule has 0 aromatic rings. The first-order chi connectivity index (χ1) is 5.81. The second-order valence-electron chi connectivity index (χ2n) is 4.63. The summed E-state index contributed by atoms with van der Waals surface area (Å²) in [5, 5.41) is 0. The summed E-state index contributed by atoms with van der Waals surface area (Å²) < 4.78 is 0. The van der Waals surface area contributed by atoms with Crippen LogP contribution in [0.5, 0.6) is 0 Å². The number of rotatable bonds is 3. The Morgan fingerprint density at radius 1 is 1.33 bits per heavy atom. The normalized spacial score (nSPS) is 44.8. The van der Waals surface area contributed by atoms with Crippen LogP contribution < -0.4 is 0 Å². The summed E-state index contributed by atoms with van der Waals surface area (Å²) >= 11 is 0. The molecule has 2 aliphatic carbocycles. The molecular formula is C11H18B. The zero-order chi connectivity index (χ0) is 8.55. The molecule has 0 unspecified atom stereocenters. The fraction of sp³-hybridized carbons (Fsp3) is 0.818.